The molecule has 0 aliphatic heterocycles. The highest BCUT2D eigenvalue weighted by Gasteiger charge is 2.56. The van der Waals surface area contributed by atoms with Crippen molar-refractivity contribution in [2.24, 2.45) is 5.92 Å². The van der Waals surface area contributed by atoms with Gasteiger partial charge in [-0.15, -0.1) is 0 Å². The summed E-state index contributed by atoms with van der Waals surface area (Å²) in [4.78, 5) is 4.37. The van der Waals surface area contributed by atoms with Gasteiger partial charge in [-0.1, -0.05) is 11.6 Å². The van der Waals surface area contributed by atoms with E-state index in [4.69, 9.17) is 11.6 Å². The van der Waals surface area contributed by atoms with E-state index in [1.165, 1.54) is 31.7 Å². The van der Waals surface area contributed by atoms with Gasteiger partial charge in [0.15, 0.2) is 0 Å². The zero-order valence-corrected chi connectivity index (χ0v) is 11.2. The van der Waals surface area contributed by atoms with E-state index in [0.29, 0.717) is 16.4 Å². The predicted molar refractivity (Wildman–Crippen MR) is 72.6 cm³/mol. The van der Waals surface area contributed by atoms with Gasteiger partial charge < -0.3 is 4.57 Å². The predicted octanol–water partition coefficient (Wildman–Crippen LogP) is 4.24. The van der Waals surface area contributed by atoms with E-state index in [-0.39, 0.29) is 11.4 Å². The fourth-order valence-electron chi connectivity index (χ4n) is 3.13. The van der Waals surface area contributed by atoms with Gasteiger partial charge in [0, 0.05) is 23.0 Å². The van der Waals surface area contributed by atoms with Crippen LogP contribution in [0.5, 0.6) is 0 Å². The Morgan fingerprint density at radius 3 is 2.79 bits per heavy atom. The van der Waals surface area contributed by atoms with Gasteiger partial charge in [0.2, 0.25) is 0 Å². The van der Waals surface area contributed by atoms with Crippen LogP contribution >= 0.6 is 11.6 Å². The van der Waals surface area contributed by atoms with Crippen molar-refractivity contribution in [2.75, 3.05) is 0 Å². The molecule has 0 spiro atoms. The van der Waals surface area contributed by atoms with E-state index in [1.54, 1.807) is 18.3 Å². The fraction of sp³-hybridized carbons (Fsp3) is 0.400. The zero-order chi connectivity index (χ0) is 13.0. The van der Waals surface area contributed by atoms with Gasteiger partial charge in [0.05, 0.1) is 5.56 Å². The Bertz CT molecular complexity index is 641. The van der Waals surface area contributed by atoms with E-state index in [1.807, 2.05) is 6.20 Å². The van der Waals surface area contributed by atoms with E-state index >= 15 is 0 Å². The van der Waals surface area contributed by atoms with Crippen LogP contribution in [0.1, 0.15) is 25.7 Å². The molecule has 0 radical (unpaired) electrons. The molecule has 1 aromatic heterocycles. The number of rotatable bonds is 3. The summed E-state index contributed by atoms with van der Waals surface area (Å²) in [6, 6.07) is 4.65. The van der Waals surface area contributed by atoms with Crippen molar-refractivity contribution in [1.82, 2.24) is 9.55 Å². The molecule has 98 valence electrons. The SMILES string of the molecule is Fc1ccc(Cl)cc1-c1nccn1C1(C2CC2)CC1. The molecule has 0 amide bonds. The second-order valence-electron chi connectivity index (χ2n) is 5.62. The Labute approximate surface area is 116 Å². The molecule has 2 saturated carbocycles. The van der Waals surface area contributed by atoms with Crippen molar-refractivity contribution < 1.29 is 4.39 Å². The number of aromatic nitrogens is 2. The minimum Gasteiger partial charge on any atom is -0.325 e. The molecule has 0 atom stereocenters. The highest BCUT2D eigenvalue weighted by atomic mass is 35.5. The monoisotopic (exact) mass is 276 g/mol. The van der Waals surface area contributed by atoms with Crippen LogP contribution in [0.4, 0.5) is 4.39 Å². The van der Waals surface area contributed by atoms with Crippen LogP contribution in [0.3, 0.4) is 0 Å². The van der Waals surface area contributed by atoms with Crippen molar-refractivity contribution in [3.8, 4) is 11.4 Å². The van der Waals surface area contributed by atoms with E-state index in [9.17, 15) is 4.39 Å². The van der Waals surface area contributed by atoms with Crippen LogP contribution in [0.15, 0.2) is 30.6 Å². The van der Waals surface area contributed by atoms with Gasteiger partial charge >= 0.3 is 0 Å². The maximum absolute atomic E-state index is 14.0. The summed E-state index contributed by atoms with van der Waals surface area (Å²) in [5.74, 6) is 1.20. The summed E-state index contributed by atoms with van der Waals surface area (Å²) in [5.41, 5.74) is 0.713. The van der Waals surface area contributed by atoms with Gasteiger partial charge in [-0.2, -0.15) is 0 Å². The molecule has 2 aromatic rings. The molecule has 4 rings (SSSR count). The first kappa shape index (κ1) is 11.5. The zero-order valence-electron chi connectivity index (χ0n) is 10.4. The third-order valence-electron chi connectivity index (χ3n) is 4.39. The molecule has 2 aliphatic rings. The lowest BCUT2D eigenvalue weighted by Gasteiger charge is -2.19. The number of benzene rings is 1. The van der Waals surface area contributed by atoms with Crippen molar-refractivity contribution in [3.05, 3.63) is 41.4 Å². The molecule has 0 N–H and O–H groups in total. The van der Waals surface area contributed by atoms with Crippen LogP contribution in [0.2, 0.25) is 5.02 Å². The lowest BCUT2D eigenvalue weighted by Crippen LogP contribution is -2.20. The van der Waals surface area contributed by atoms with E-state index in [0.717, 1.165) is 5.92 Å². The van der Waals surface area contributed by atoms with E-state index in [2.05, 4.69) is 9.55 Å². The average Bonchev–Trinajstić information content (AvgIpc) is 3.30. The minimum absolute atomic E-state index is 0.209. The standard InChI is InChI=1S/C15H14ClFN2/c16-11-3-4-13(17)12(9-11)14-18-7-8-19(14)15(5-6-15)10-1-2-10/h3-4,7-10H,1-2,5-6H2. The Balaban J connectivity index is 1.84. The molecule has 4 heteroatoms. The summed E-state index contributed by atoms with van der Waals surface area (Å²) in [6.07, 6.45) is 8.69. The molecule has 0 bridgehead atoms. The van der Waals surface area contributed by atoms with Gasteiger partial charge in [-0.05, 0) is 49.8 Å². The van der Waals surface area contributed by atoms with E-state index < -0.39 is 0 Å². The molecule has 2 aliphatic carbocycles. The summed E-state index contributed by atoms with van der Waals surface area (Å²) < 4.78 is 16.2. The Morgan fingerprint density at radius 2 is 2.11 bits per heavy atom. The summed E-state index contributed by atoms with van der Waals surface area (Å²) >= 11 is 5.99. The minimum atomic E-state index is -0.261. The van der Waals surface area contributed by atoms with Crippen LogP contribution in [0.25, 0.3) is 11.4 Å². The molecule has 2 fully saturated rings. The normalized spacial score (nSPS) is 20.5. The number of halogens is 2. The third-order valence-corrected chi connectivity index (χ3v) is 4.62. The second-order valence-corrected chi connectivity index (χ2v) is 6.06. The topological polar surface area (TPSA) is 17.8 Å². The summed E-state index contributed by atoms with van der Waals surface area (Å²) in [7, 11) is 0. The van der Waals surface area contributed by atoms with Gasteiger partial charge in [-0.25, -0.2) is 9.37 Å². The van der Waals surface area contributed by atoms with Gasteiger partial charge in [0.1, 0.15) is 11.6 Å². The largest absolute Gasteiger partial charge is 0.325 e. The van der Waals surface area contributed by atoms with Crippen LogP contribution in [-0.2, 0) is 5.54 Å². The Hall–Kier alpha value is -1.35. The molecule has 0 saturated heterocycles. The molecule has 2 nitrogen and oxygen atoms in total. The first-order chi connectivity index (χ1) is 9.21. The van der Waals surface area contributed by atoms with Crippen LogP contribution in [-0.4, -0.2) is 9.55 Å². The molecule has 0 unspecified atom stereocenters. The smallest absolute Gasteiger partial charge is 0.143 e. The van der Waals surface area contributed by atoms with Gasteiger partial charge in [0.25, 0.3) is 0 Å². The van der Waals surface area contributed by atoms with Crippen LogP contribution in [0, 0.1) is 11.7 Å². The van der Waals surface area contributed by atoms with Crippen molar-refractivity contribution in [2.45, 2.75) is 31.2 Å². The molecule has 1 heterocycles. The number of imidazole rings is 1. The Morgan fingerprint density at radius 1 is 1.32 bits per heavy atom. The Kier molecular flexibility index (Phi) is 2.31. The molecule has 1 aromatic carbocycles. The lowest BCUT2D eigenvalue weighted by molar-refractivity contribution is 0.424. The highest BCUT2D eigenvalue weighted by Crippen LogP contribution is 2.60. The number of nitrogens with zero attached hydrogens (tertiary/aromatic N) is 2. The van der Waals surface area contributed by atoms with Gasteiger partial charge in [-0.3, -0.25) is 0 Å². The number of hydrogen-bond acceptors (Lipinski definition) is 1. The maximum atomic E-state index is 14.0. The average molecular weight is 277 g/mol. The third kappa shape index (κ3) is 1.71. The quantitative estimate of drug-likeness (QED) is 0.820. The van der Waals surface area contributed by atoms with Crippen molar-refractivity contribution in [3.63, 3.8) is 0 Å². The highest BCUT2D eigenvalue weighted by molar-refractivity contribution is 6.30. The maximum Gasteiger partial charge on any atom is 0.143 e. The molecule has 19 heavy (non-hydrogen) atoms. The molecular formula is C15H14ClFN2. The van der Waals surface area contributed by atoms with Crippen LogP contribution < -0.4 is 0 Å². The first-order valence-corrected chi connectivity index (χ1v) is 7.08. The fourth-order valence-corrected chi connectivity index (χ4v) is 3.30. The second kappa shape index (κ2) is 3.83. The van der Waals surface area contributed by atoms with Crippen molar-refractivity contribution >= 4 is 11.6 Å². The summed E-state index contributed by atoms with van der Waals surface area (Å²) in [5, 5.41) is 0.544. The summed E-state index contributed by atoms with van der Waals surface area (Å²) in [6.45, 7) is 0. The molecular weight excluding hydrogens is 263 g/mol. The van der Waals surface area contributed by atoms with Crippen molar-refractivity contribution in [1.29, 1.82) is 0 Å². The number of hydrogen-bond donors (Lipinski definition) is 0. The first-order valence-electron chi connectivity index (χ1n) is 6.70. The lowest BCUT2D eigenvalue weighted by atomic mass is 10.1.